The molecular formula is C13H20N2O3S2. The minimum atomic E-state index is -3.67. The Hall–Kier alpha value is -0.920. The largest absolute Gasteiger partial charge is 0.339 e. The van der Waals surface area contributed by atoms with Crippen molar-refractivity contribution in [1.82, 2.24) is 4.90 Å². The monoisotopic (exact) mass is 316 g/mol. The summed E-state index contributed by atoms with van der Waals surface area (Å²) in [5.74, 6) is 0.572. The Morgan fingerprint density at radius 3 is 2.75 bits per heavy atom. The topological polar surface area (TPSA) is 80.5 Å². The summed E-state index contributed by atoms with van der Waals surface area (Å²) < 4.78 is 22.6. The van der Waals surface area contributed by atoms with Crippen LogP contribution in [-0.4, -0.2) is 31.8 Å². The van der Waals surface area contributed by atoms with Gasteiger partial charge in [-0.2, -0.15) is 0 Å². The van der Waals surface area contributed by atoms with Gasteiger partial charge in [-0.1, -0.05) is 6.92 Å². The van der Waals surface area contributed by atoms with Crippen LogP contribution >= 0.6 is 11.3 Å². The normalized spacial score (nSPS) is 23.9. The third kappa shape index (κ3) is 3.39. The van der Waals surface area contributed by atoms with Crippen molar-refractivity contribution < 1.29 is 13.2 Å². The number of carbonyl (C=O) groups excluding carboxylic acids is 1. The van der Waals surface area contributed by atoms with Gasteiger partial charge in [-0.05, 0) is 37.8 Å². The molecule has 1 amide bonds. The number of sulfonamides is 1. The summed E-state index contributed by atoms with van der Waals surface area (Å²) in [6.07, 6.45) is 2.43. The second-order valence-corrected chi connectivity index (χ2v) is 8.35. The van der Waals surface area contributed by atoms with Crippen LogP contribution in [0.25, 0.3) is 0 Å². The number of likely N-dealkylation sites (tertiary alicyclic amines) is 1. The second-order valence-electron chi connectivity index (χ2n) is 5.39. The third-order valence-electron chi connectivity index (χ3n) is 3.94. The van der Waals surface area contributed by atoms with Crippen LogP contribution in [0.1, 0.15) is 31.6 Å². The molecule has 2 unspecified atom stereocenters. The van der Waals surface area contributed by atoms with Crippen LogP contribution < -0.4 is 5.14 Å². The Kier molecular flexibility index (Phi) is 4.51. The van der Waals surface area contributed by atoms with Crippen LogP contribution in [0.4, 0.5) is 0 Å². The molecule has 112 valence electrons. The molecule has 0 spiro atoms. The fraction of sp³-hybridized carbons (Fsp3) is 0.615. The summed E-state index contributed by atoms with van der Waals surface area (Å²) in [6, 6.07) is 3.37. The van der Waals surface area contributed by atoms with Crippen LogP contribution in [0.15, 0.2) is 16.3 Å². The molecule has 1 aliphatic rings. The smallest absolute Gasteiger partial charge is 0.247 e. The van der Waals surface area contributed by atoms with Crippen molar-refractivity contribution in [3.8, 4) is 0 Å². The zero-order chi connectivity index (χ0) is 14.9. The van der Waals surface area contributed by atoms with Crippen LogP contribution in [-0.2, 0) is 21.2 Å². The SMILES string of the molecule is CC1CCCN(C(=O)Cc2ccc(S(N)(=O)=O)s2)C1C. The molecule has 1 aliphatic heterocycles. The van der Waals surface area contributed by atoms with Gasteiger partial charge in [0, 0.05) is 17.5 Å². The molecule has 1 fully saturated rings. The minimum Gasteiger partial charge on any atom is -0.339 e. The number of hydrogen-bond donors (Lipinski definition) is 1. The van der Waals surface area contributed by atoms with E-state index in [4.69, 9.17) is 5.14 Å². The number of primary sulfonamides is 1. The number of nitrogens with two attached hydrogens (primary N) is 1. The van der Waals surface area contributed by atoms with Gasteiger partial charge in [-0.25, -0.2) is 13.6 Å². The first-order chi connectivity index (χ1) is 9.29. The van der Waals surface area contributed by atoms with Crippen LogP contribution in [0.3, 0.4) is 0 Å². The van der Waals surface area contributed by atoms with E-state index < -0.39 is 10.0 Å². The Balaban J connectivity index is 2.06. The maximum atomic E-state index is 12.3. The molecule has 0 aromatic carbocycles. The maximum absolute atomic E-state index is 12.3. The lowest BCUT2D eigenvalue weighted by atomic mass is 9.92. The highest BCUT2D eigenvalue weighted by Crippen LogP contribution is 2.25. The molecule has 5 nitrogen and oxygen atoms in total. The highest BCUT2D eigenvalue weighted by Gasteiger charge is 2.28. The van der Waals surface area contributed by atoms with Gasteiger partial charge in [0.1, 0.15) is 4.21 Å². The van der Waals surface area contributed by atoms with Gasteiger partial charge in [-0.15, -0.1) is 11.3 Å². The number of thiophene rings is 1. The van der Waals surface area contributed by atoms with Crippen molar-refractivity contribution in [3.63, 3.8) is 0 Å². The van der Waals surface area contributed by atoms with E-state index in [1.807, 2.05) is 4.90 Å². The van der Waals surface area contributed by atoms with Gasteiger partial charge in [0.15, 0.2) is 0 Å². The fourth-order valence-electron chi connectivity index (χ4n) is 2.54. The number of nitrogens with zero attached hydrogens (tertiary/aromatic N) is 1. The van der Waals surface area contributed by atoms with E-state index >= 15 is 0 Å². The molecular weight excluding hydrogens is 296 g/mol. The lowest BCUT2D eigenvalue weighted by Crippen LogP contribution is -2.46. The molecule has 1 saturated heterocycles. The first kappa shape index (κ1) is 15.5. The van der Waals surface area contributed by atoms with E-state index in [1.165, 1.54) is 6.07 Å². The molecule has 2 rings (SSSR count). The first-order valence-corrected chi connectivity index (χ1v) is 9.06. The molecule has 2 heterocycles. The van der Waals surface area contributed by atoms with Crippen LogP contribution in [0, 0.1) is 5.92 Å². The van der Waals surface area contributed by atoms with E-state index in [0.29, 0.717) is 5.92 Å². The van der Waals surface area contributed by atoms with Crippen molar-refractivity contribution in [1.29, 1.82) is 0 Å². The second kappa shape index (κ2) is 5.83. The number of rotatable bonds is 3. The first-order valence-electron chi connectivity index (χ1n) is 6.70. The third-order valence-corrected chi connectivity index (χ3v) is 6.46. The van der Waals surface area contributed by atoms with Gasteiger partial charge >= 0.3 is 0 Å². The van der Waals surface area contributed by atoms with Crippen molar-refractivity contribution in [2.45, 2.75) is 43.4 Å². The van der Waals surface area contributed by atoms with Gasteiger partial charge < -0.3 is 4.90 Å². The average molecular weight is 316 g/mol. The Morgan fingerprint density at radius 1 is 1.45 bits per heavy atom. The molecule has 0 saturated carbocycles. The van der Waals surface area contributed by atoms with Gasteiger partial charge in [-0.3, -0.25) is 4.79 Å². The summed E-state index contributed by atoms with van der Waals surface area (Å²) in [5.41, 5.74) is 0. The van der Waals surface area contributed by atoms with Crippen molar-refractivity contribution in [3.05, 3.63) is 17.0 Å². The zero-order valence-electron chi connectivity index (χ0n) is 11.7. The summed E-state index contributed by atoms with van der Waals surface area (Å²) >= 11 is 1.07. The number of piperidine rings is 1. The molecule has 20 heavy (non-hydrogen) atoms. The minimum absolute atomic E-state index is 0.0619. The van der Waals surface area contributed by atoms with E-state index in [1.54, 1.807) is 6.07 Å². The standard InChI is InChI=1S/C13H20N2O3S2/c1-9-4-3-7-15(10(9)2)12(16)8-11-5-6-13(19-11)20(14,17)18/h5-6,9-10H,3-4,7-8H2,1-2H3,(H2,14,17,18). The predicted molar refractivity (Wildman–Crippen MR) is 79.0 cm³/mol. The molecule has 0 aliphatic carbocycles. The van der Waals surface area contributed by atoms with E-state index in [-0.39, 0.29) is 22.6 Å². The lowest BCUT2D eigenvalue weighted by molar-refractivity contribution is -0.134. The summed E-state index contributed by atoms with van der Waals surface area (Å²) in [4.78, 5) is 15.0. The highest BCUT2D eigenvalue weighted by molar-refractivity contribution is 7.91. The summed E-state index contributed by atoms with van der Waals surface area (Å²) in [5, 5.41) is 5.07. The Morgan fingerprint density at radius 2 is 2.15 bits per heavy atom. The molecule has 2 N–H and O–H groups in total. The van der Waals surface area contributed by atoms with Crippen LogP contribution in [0.2, 0.25) is 0 Å². The van der Waals surface area contributed by atoms with Crippen molar-refractivity contribution >= 4 is 27.3 Å². The number of amides is 1. The number of carbonyl (C=O) groups is 1. The van der Waals surface area contributed by atoms with Gasteiger partial charge in [0.05, 0.1) is 6.42 Å². The fourth-order valence-corrected chi connectivity index (χ4v) is 4.31. The maximum Gasteiger partial charge on any atom is 0.247 e. The molecule has 0 radical (unpaired) electrons. The summed E-state index contributed by atoms with van der Waals surface area (Å²) in [7, 11) is -3.67. The van der Waals surface area contributed by atoms with E-state index in [0.717, 1.165) is 35.6 Å². The van der Waals surface area contributed by atoms with Gasteiger partial charge in [0.2, 0.25) is 15.9 Å². The molecule has 1 aromatic rings. The molecule has 1 aromatic heterocycles. The number of hydrogen-bond acceptors (Lipinski definition) is 4. The molecule has 2 atom stereocenters. The van der Waals surface area contributed by atoms with Gasteiger partial charge in [0.25, 0.3) is 0 Å². The Bertz CT molecular complexity index is 595. The predicted octanol–water partition coefficient (Wildman–Crippen LogP) is 1.58. The molecule has 7 heteroatoms. The average Bonchev–Trinajstić information content (AvgIpc) is 2.81. The molecule has 0 bridgehead atoms. The van der Waals surface area contributed by atoms with Crippen molar-refractivity contribution in [2.75, 3.05) is 6.54 Å². The lowest BCUT2D eigenvalue weighted by Gasteiger charge is -2.38. The Labute approximate surface area is 123 Å². The van der Waals surface area contributed by atoms with Crippen molar-refractivity contribution in [2.24, 2.45) is 11.1 Å². The van der Waals surface area contributed by atoms with E-state index in [9.17, 15) is 13.2 Å². The van der Waals surface area contributed by atoms with Crippen LogP contribution in [0.5, 0.6) is 0 Å². The van der Waals surface area contributed by atoms with E-state index in [2.05, 4.69) is 13.8 Å². The summed E-state index contributed by atoms with van der Waals surface area (Å²) in [6.45, 7) is 5.03. The highest BCUT2D eigenvalue weighted by atomic mass is 32.2. The quantitative estimate of drug-likeness (QED) is 0.919. The zero-order valence-corrected chi connectivity index (χ0v) is 13.3.